The van der Waals surface area contributed by atoms with Crippen molar-refractivity contribution in [3.05, 3.63) is 18.2 Å². The molecule has 0 heterocycles. The molecule has 0 aliphatic heterocycles. The van der Waals surface area contributed by atoms with Gasteiger partial charge < -0.3 is 10.1 Å². The van der Waals surface area contributed by atoms with E-state index in [0.717, 1.165) is 19.1 Å². The number of carbonyl (C=O) groups is 2. The Labute approximate surface area is 104 Å². The largest absolute Gasteiger partial charge is 0.425 e. The lowest BCUT2D eigenvalue weighted by atomic mass is 10.3. The molecule has 1 aromatic rings. The van der Waals surface area contributed by atoms with Gasteiger partial charge in [0.25, 0.3) is 10.1 Å². The Kier molecular flexibility index (Phi) is 4.04. The predicted molar refractivity (Wildman–Crippen MR) is 61.9 cm³/mol. The molecule has 2 N–H and O–H groups in total. The third kappa shape index (κ3) is 3.82. The Bertz CT molecular complexity index is 592. The summed E-state index contributed by atoms with van der Waals surface area (Å²) in [6.07, 6.45) is 0. The maximum atomic E-state index is 11.0. The molecule has 18 heavy (non-hydrogen) atoms. The summed E-state index contributed by atoms with van der Waals surface area (Å²) in [5.41, 5.74) is 0.242. The molecular weight excluding hydrogens is 262 g/mol. The number of hydrogen-bond acceptors (Lipinski definition) is 5. The zero-order valence-electron chi connectivity index (χ0n) is 9.63. The summed E-state index contributed by atoms with van der Waals surface area (Å²) in [7, 11) is -4.51. The van der Waals surface area contributed by atoms with Gasteiger partial charge in [-0.3, -0.25) is 14.1 Å². The van der Waals surface area contributed by atoms with Crippen molar-refractivity contribution >= 4 is 27.7 Å². The third-order valence-corrected chi connectivity index (χ3v) is 2.69. The number of nitrogens with one attached hydrogen (secondary N) is 1. The first-order valence-electron chi connectivity index (χ1n) is 4.77. The topological polar surface area (TPSA) is 110 Å². The van der Waals surface area contributed by atoms with Crippen LogP contribution in [-0.2, 0) is 19.7 Å². The second-order valence-corrected chi connectivity index (χ2v) is 4.80. The summed E-state index contributed by atoms with van der Waals surface area (Å²) >= 11 is 0. The highest BCUT2D eigenvalue weighted by Crippen LogP contribution is 2.27. The average molecular weight is 273 g/mol. The highest BCUT2D eigenvalue weighted by Gasteiger charge is 2.18. The molecule has 0 aliphatic rings. The lowest BCUT2D eigenvalue weighted by Crippen LogP contribution is -2.10. The molecule has 0 atom stereocenters. The Hall–Kier alpha value is -1.93. The summed E-state index contributed by atoms with van der Waals surface area (Å²) in [6.45, 7) is 2.35. The van der Waals surface area contributed by atoms with E-state index >= 15 is 0 Å². The zero-order valence-corrected chi connectivity index (χ0v) is 10.4. The molecule has 0 aliphatic carbocycles. The van der Waals surface area contributed by atoms with Gasteiger partial charge in [-0.25, -0.2) is 0 Å². The van der Waals surface area contributed by atoms with Gasteiger partial charge in [0.05, 0.1) is 0 Å². The maximum Gasteiger partial charge on any atom is 0.308 e. The van der Waals surface area contributed by atoms with Crippen LogP contribution in [0.25, 0.3) is 0 Å². The van der Waals surface area contributed by atoms with E-state index in [2.05, 4.69) is 10.1 Å². The fraction of sp³-hybridized carbons (Fsp3) is 0.200. The van der Waals surface area contributed by atoms with Crippen molar-refractivity contribution in [1.29, 1.82) is 0 Å². The number of benzene rings is 1. The Morgan fingerprint density at radius 2 is 1.89 bits per heavy atom. The molecule has 0 saturated heterocycles. The standard InChI is InChI=1S/C10H11NO6S/c1-6(12)11-8-3-4-10(18(14,15)16)9(5-8)17-7(2)13/h3-5H,1-2H3,(H,11,12)(H,14,15,16). The molecule has 0 aromatic heterocycles. The first-order chi connectivity index (χ1) is 8.20. The lowest BCUT2D eigenvalue weighted by Gasteiger charge is -2.09. The number of rotatable bonds is 3. The second kappa shape index (κ2) is 5.15. The van der Waals surface area contributed by atoms with E-state index in [1.54, 1.807) is 0 Å². The fourth-order valence-corrected chi connectivity index (χ4v) is 1.83. The van der Waals surface area contributed by atoms with Gasteiger partial charge in [0.15, 0.2) is 5.75 Å². The van der Waals surface area contributed by atoms with Gasteiger partial charge in [-0.1, -0.05) is 0 Å². The Morgan fingerprint density at radius 1 is 1.28 bits per heavy atom. The molecule has 0 fully saturated rings. The van der Waals surface area contributed by atoms with E-state index in [-0.39, 0.29) is 17.3 Å². The lowest BCUT2D eigenvalue weighted by molar-refractivity contribution is -0.132. The number of carbonyl (C=O) groups excluding carboxylic acids is 2. The third-order valence-electron chi connectivity index (χ3n) is 1.80. The smallest absolute Gasteiger partial charge is 0.308 e. The molecule has 98 valence electrons. The van der Waals surface area contributed by atoms with Crippen LogP contribution in [0.4, 0.5) is 5.69 Å². The summed E-state index contributed by atoms with van der Waals surface area (Å²) in [5.74, 6) is -1.47. The molecule has 0 spiro atoms. The minimum Gasteiger partial charge on any atom is -0.425 e. The van der Waals surface area contributed by atoms with Crippen LogP contribution >= 0.6 is 0 Å². The number of hydrogen-bond donors (Lipinski definition) is 2. The van der Waals surface area contributed by atoms with Crippen LogP contribution in [-0.4, -0.2) is 24.8 Å². The van der Waals surface area contributed by atoms with Gasteiger partial charge in [-0.15, -0.1) is 0 Å². The molecule has 0 saturated carbocycles. The van der Waals surface area contributed by atoms with Crippen molar-refractivity contribution < 1.29 is 27.3 Å². The molecule has 0 unspecified atom stereocenters. The number of esters is 1. The fourth-order valence-electron chi connectivity index (χ4n) is 1.24. The van der Waals surface area contributed by atoms with Gasteiger partial charge in [-0.2, -0.15) is 8.42 Å². The van der Waals surface area contributed by atoms with Crippen molar-refractivity contribution in [2.75, 3.05) is 5.32 Å². The van der Waals surface area contributed by atoms with E-state index in [9.17, 15) is 18.0 Å². The summed E-state index contributed by atoms with van der Waals surface area (Å²) in [4.78, 5) is 21.1. The summed E-state index contributed by atoms with van der Waals surface area (Å²) in [5, 5.41) is 2.39. The predicted octanol–water partition coefficient (Wildman–Crippen LogP) is 0.817. The zero-order chi connectivity index (χ0) is 13.9. The van der Waals surface area contributed by atoms with Crippen molar-refractivity contribution in [2.24, 2.45) is 0 Å². The van der Waals surface area contributed by atoms with Gasteiger partial charge in [-0.05, 0) is 12.1 Å². The van der Waals surface area contributed by atoms with Gasteiger partial charge in [0.1, 0.15) is 4.90 Å². The minimum atomic E-state index is -4.51. The molecule has 0 radical (unpaired) electrons. The molecule has 0 bridgehead atoms. The quantitative estimate of drug-likeness (QED) is 0.479. The van der Waals surface area contributed by atoms with E-state index < -0.39 is 21.0 Å². The summed E-state index contributed by atoms with van der Waals surface area (Å²) < 4.78 is 35.7. The first-order valence-corrected chi connectivity index (χ1v) is 6.21. The van der Waals surface area contributed by atoms with Gasteiger partial charge in [0, 0.05) is 25.6 Å². The van der Waals surface area contributed by atoms with Crippen molar-refractivity contribution in [1.82, 2.24) is 0 Å². The normalized spacial score (nSPS) is 10.8. The van der Waals surface area contributed by atoms with Gasteiger partial charge >= 0.3 is 5.97 Å². The first kappa shape index (κ1) is 14.1. The van der Waals surface area contributed by atoms with Crippen molar-refractivity contribution in [3.63, 3.8) is 0 Å². The highest BCUT2D eigenvalue weighted by atomic mass is 32.2. The van der Waals surface area contributed by atoms with Gasteiger partial charge in [0.2, 0.25) is 5.91 Å². The molecule has 1 amide bonds. The highest BCUT2D eigenvalue weighted by molar-refractivity contribution is 7.86. The maximum absolute atomic E-state index is 11.0. The average Bonchev–Trinajstić information content (AvgIpc) is 2.13. The van der Waals surface area contributed by atoms with Crippen LogP contribution in [0.2, 0.25) is 0 Å². The van der Waals surface area contributed by atoms with E-state index in [0.29, 0.717) is 0 Å². The molecular formula is C10H11NO6S. The number of anilines is 1. The van der Waals surface area contributed by atoms with E-state index in [4.69, 9.17) is 4.55 Å². The number of ether oxygens (including phenoxy) is 1. The molecule has 1 rings (SSSR count). The molecule has 8 heteroatoms. The van der Waals surface area contributed by atoms with Crippen LogP contribution in [0.15, 0.2) is 23.1 Å². The van der Waals surface area contributed by atoms with E-state index in [1.807, 2.05) is 0 Å². The Balaban J connectivity index is 3.29. The van der Waals surface area contributed by atoms with Crippen LogP contribution in [0, 0.1) is 0 Å². The Morgan fingerprint density at radius 3 is 2.33 bits per heavy atom. The van der Waals surface area contributed by atoms with Crippen LogP contribution < -0.4 is 10.1 Å². The summed E-state index contributed by atoms with van der Waals surface area (Å²) in [6, 6.07) is 3.42. The second-order valence-electron chi connectivity index (χ2n) is 3.41. The van der Waals surface area contributed by atoms with Crippen molar-refractivity contribution in [2.45, 2.75) is 18.7 Å². The molecule has 7 nitrogen and oxygen atoms in total. The van der Waals surface area contributed by atoms with E-state index in [1.165, 1.54) is 13.0 Å². The monoisotopic (exact) mass is 273 g/mol. The van der Waals surface area contributed by atoms with Crippen LogP contribution in [0.5, 0.6) is 5.75 Å². The van der Waals surface area contributed by atoms with Crippen molar-refractivity contribution in [3.8, 4) is 5.75 Å². The van der Waals surface area contributed by atoms with Crippen LogP contribution in [0.1, 0.15) is 13.8 Å². The minimum absolute atomic E-state index is 0.242. The SMILES string of the molecule is CC(=O)Nc1ccc(S(=O)(=O)O)c(OC(C)=O)c1. The van der Waals surface area contributed by atoms with Crippen LogP contribution in [0.3, 0.4) is 0 Å². The number of amides is 1. The molecule has 1 aromatic carbocycles.